The fraction of sp³-hybridized carbons (Fsp3) is 0.632. The number of likely N-dealkylation sites (tertiary alicyclic amines) is 1. The van der Waals surface area contributed by atoms with Crippen LogP contribution in [-0.2, 0) is 0 Å². The molecule has 1 heterocycles. The average Bonchev–Trinajstić information content (AvgIpc) is 2.61. The summed E-state index contributed by atoms with van der Waals surface area (Å²) in [5.74, 6) is 2.76. The van der Waals surface area contributed by atoms with E-state index in [9.17, 15) is 4.79 Å². The molecule has 1 aromatic rings. The largest absolute Gasteiger partial charge is 0.493 e. The van der Waals surface area contributed by atoms with Gasteiger partial charge in [0.15, 0.2) is 11.5 Å². The minimum absolute atomic E-state index is 0.0210. The molecule has 5 heteroatoms. The maximum Gasteiger partial charge on any atom is 0.251 e. The fourth-order valence-electron chi connectivity index (χ4n) is 4.18. The van der Waals surface area contributed by atoms with Crippen molar-refractivity contribution in [2.75, 3.05) is 34.4 Å². The Morgan fingerprint density at radius 1 is 1.12 bits per heavy atom. The number of benzene rings is 1. The Hall–Kier alpha value is -1.75. The molecule has 2 fully saturated rings. The monoisotopic (exact) mass is 332 g/mol. The number of fused-ring (bicyclic) bond motifs is 1. The fourth-order valence-corrected chi connectivity index (χ4v) is 4.18. The van der Waals surface area contributed by atoms with Crippen molar-refractivity contribution in [2.45, 2.75) is 31.7 Å². The molecule has 0 radical (unpaired) electrons. The van der Waals surface area contributed by atoms with Crippen LogP contribution in [0, 0.1) is 11.8 Å². The number of carbonyl (C=O) groups is 1. The zero-order valence-electron chi connectivity index (χ0n) is 14.9. The van der Waals surface area contributed by atoms with Crippen LogP contribution >= 0.6 is 0 Å². The van der Waals surface area contributed by atoms with Crippen LogP contribution in [0.2, 0.25) is 0 Å². The molecule has 5 nitrogen and oxygen atoms in total. The van der Waals surface area contributed by atoms with Crippen LogP contribution in [-0.4, -0.2) is 51.2 Å². The minimum atomic E-state index is -0.0210. The third-order valence-corrected chi connectivity index (χ3v) is 5.55. The SMILES string of the molecule is COc1ccc(C(=O)N[C@H]2CC[C@H]3CN(C)CC[C@H]3C2)cc1OC. The summed E-state index contributed by atoms with van der Waals surface area (Å²) in [4.78, 5) is 15.0. The van der Waals surface area contributed by atoms with Crippen molar-refractivity contribution < 1.29 is 14.3 Å². The highest BCUT2D eigenvalue weighted by atomic mass is 16.5. The zero-order chi connectivity index (χ0) is 17.1. The number of hydrogen-bond acceptors (Lipinski definition) is 4. The van der Waals surface area contributed by atoms with E-state index < -0.39 is 0 Å². The quantitative estimate of drug-likeness (QED) is 0.921. The van der Waals surface area contributed by atoms with Gasteiger partial charge >= 0.3 is 0 Å². The lowest BCUT2D eigenvalue weighted by Crippen LogP contribution is -2.46. The van der Waals surface area contributed by atoms with Gasteiger partial charge in [0.05, 0.1) is 14.2 Å². The van der Waals surface area contributed by atoms with E-state index in [1.807, 2.05) is 0 Å². The summed E-state index contributed by atoms with van der Waals surface area (Å²) in [6.07, 6.45) is 4.65. The summed E-state index contributed by atoms with van der Waals surface area (Å²) in [7, 11) is 5.39. The number of ether oxygens (including phenoxy) is 2. The molecule has 0 aromatic heterocycles. The van der Waals surface area contributed by atoms with Crippen molar-refractivity contribution in [2.24, 2.45) is 11.8 Å². The zero-order valence-corrected chi connectivity index (χ0v) is 14.9. The van der Waals surface area contributed by atoms with Crippen molar-refractivity contribution in [3.8, 4) is 11.5 Å². The Morgan fingerprint density at radius 2 is 1.92 bits per heavy atom. The van der Waals surface area contributed by atoms with Gasteiger partial charge in [-0.15, -0.1) is 0 Å². The van der Waals surface area contributed by atoms with E-state index in [0.717, 1.165) is 24.7 Å². The van der Waals surface area contributed by atoms with Gasteiger partial charge in [-0.05, 0) is 69.3 Å². The molecule has 1 aliphatic carbocycles. The van der Waals surface area contributed by atoms with Crippen LogP contribution in [0.5, 0.6) is 11.5 Å². The van der Waals surface area contributed by atoms with Gasteiger partial charge in [-0.3, -0.25) is 4.79 Å². The highest BCUT2D eigenvalue weighted by molar-refractivity contribution is 5.95. The first-order chi connectivity index (χ1) is 11.6. The first-order valence-corrected chi connectivity index (χ1v) is 8.82. The summed E-state index contributed by atoms with van der Waals surface area (Å²) < 4.78 is 10.5. The molecule has 132 valence electrons. The summed E-state index contributed by atoms with van der Waals surface area (Å²) in [6.45, 7) is 2.39. The van der Waals surface area contributed by atoms with Crippen LogP contribution in [0.1, 0.15) is 36.0 Å². The first kappa shape index (κ1) is 17.1. The maximum absolute atomic E-state index is 12.6. The van der Waals surface area contributed by atoms with Crippen LogP contribution in [0.25, 0.3) is 0 Å². The smallest absolute Gasteiger partial charge is 0.251 e. The predicted molar refractivity (Wildman–Crippen MR) is 93.7 cm³/mol. The molecular formula is C19H28N2O3. The molecule has 1 N–H and O–H groups in total. The molecule has 0 bridgehead atoms. The molecule has 24 heavy (non-hydrogen) atoms. The third kappa shape index (κ3) is 3.66. The number of nitrogens with zero attached hydrogens (tertiary/aromatic N) is 1. The second-order valence-corrected chi connectivity index (χ2v) is 7.12. The van der Waals surface area contributed by atoms with E-state index in [1.165, 1.54) is 25.9 Å². The van der Waals surface area contributed by atoms with Crippen molar-refractivity contribution >= 4 is 5.91 Å². The van der Waals surface area contributed by atoms with Crippen molar-refractivity contribution in [1.29, 1.82) is 0 Å². The second-order valence-electron chi connectivity index (χ2n) is 7.12. The van der Waals surface area contributed by atoms with Gasteiger partial charge in [-0.25, -0.2) is 0 Å². The Balaban J connectivity index is 1.61. The second kappa shape index (κ2) is 7.43. The van der Waals surface area contributed by atoms with Gasteiger partial charge < -0.3 is 19.7 Å². The van der Waals surface area contributed by atoms with Crippen LogP contribution in [0.15, 0.2) is 18.2 Å². The number of rotatable bonds is 4. The number of carbonyl (C=O) groups excluding carboxylic acids is 1. The topological polar surface area (TPSA) is 50.8 Å². The van der Waals surface area contributed by atoms with Gasteiger partial charge in [-0.1, -0.05) is 0 Å². The summed E-state index contributed by atoms with van der Waals surface area (Å²) in [5.41, 5.74) is 0.623. The molecule has 1 saturated heterocycles. The standard InChI is InChI=1S/C19H28N2O3/c1-21-9-8-13-10-16(6-4-15(13)12-21)20-19(22)14-5-7-17(23-2)18(11-14)24-3/h5,7,11,13,15-16H,4,6,8-10,12H2,1-3H3,(H,20,22)/t13-,15-,16-/m0/s1. The van der Waals surface area contributed by atoms with Crippen molar-refractivity contribution in [3.05, 3.63) is 23.8 Å². The Kier molecular flexibility index (Phi) is 5.29. The van der Waals surface area contributed by atoms with E-state index in [2.05, 4.69) is 17.3 Å². The molecule has 2 aliphatic rings. The average molecular weight is 332 g/mol. The van der Waals surface area contributed by atoms with E-state index in [-0.39, 0.29) is 11.9 Å². The lowest BCUT2D eigenvalue weighted by atomic mass is 9.73. The predicted octanol–water partition coefficient (Wildman–Crippen LogP) is 2.55. The number of hydrogen-bond donors (Lipinski definition) is 1. The number of nitrogens with one attached hydrogen (secondary N) is 1. The van der Waals surface area contributed by atoms with Gasteiger partial charge in [0, 0.05) is 18.2 Å². The Bertz CT molecular complexity index is 590. The molecule has 1 aromatic carbocycles. The molecule has 3 atom stereocenters. The number of amides is 1. The van der Waals surface area contributed by atoms with Gasteiger partial charge in [-0.2, -0.15) is 0 Å². The van der Waals surface area contributed by atoms with Crippen LogP contribution in [0.4, 0.5) is 0 Å². The highest BCUT2D eigenvalue weighted by Crippen LogP contribution is 2.36. The lowest BCUT2D eigenvalue weighted by Gasteiger charge is -2.42. The highest BCUT2D eigenvalue weighted by Gasteiger charge is 2.34. The van der Waals surface area contributed by atoms with Gasteiger partial charge in [0.25, 0.3) is 5.91 Å². The van der Waals surface area contributed by atoms with E-state index in [4.69, 9.17) is 9.47 Å². The van der Waals surface area contributed by atoms with Crippen LogP contribution < -0.4 is 14.8 Å². The van der Waals surface area contributed by atoms with E-state index in [1.54, 1.807) is 32.4 Å². The maximum atomic E-state index is 12.6. The summed E-state index contributed by atoms with van der Waals surface area (Å²) >= 11 is 0. The van der Waals surface area contributed by atoms with E-state index >= 15 is 0 Å². The normalized spacial score (nSPS) is 27.2. The molecule has 0 unspecified atom stereocenters. The van der Waals surface area contributed by atoms with E-state index in [0.29, 0.717) is 17.1 Å². The van der Waals surface area contributed by atoms with Crippen molar-refractivity contribution in [3.63, 3.8) is 0 Å². The third-order valence-electron chi connectivity index (χ3n) is 5.55. The summed E-state index contributed by atoms with van der Waals surface area (Å²) in [5, 5.41) is 3.22. The molecule has 1 saturated carbocycles. The minimum Gasteiger partial charge on any atom is -0.493 e. The van der Waals surface area contributed by atoms with Gasteiger partial charge in [0.1, 0.15) is 0 Å². The van der Waals surface area contributed by atoms with Crippen LogP contribution in [0.3, 0.4) is 0 Å². The molecule has 3 rings (SSSR count). The lowest BCUT2D eigenvalue weighted by molar-refractivity contribution is 0.0771. The first-order valence-electron chi connectivity index (χ1n) is 8.82. The molecular weight excluding hydrogens is 304 g/mol. The summed E-state index contributed by atoms with van der Waals surface area (Å²) in [6, 6.07) is 5.60. The number of piperidine rings is 1. The molecule has 1 aliphatic heterocycles. The molecule has 1 amide bonds. The molecule has 0 spiro atoms. The Morgan fingerprint density at radius 3 is 2.67 bits per heavy atom. The van der Waals surface area contributed by atoms with Crippen molar-refractivity contribution in [1.82, 2.24) is 10.2 Å². The van der Waals surface area contributed by atoms with Gasteiger partial charge in [0.2, 0.25) is 0 Å². The number of methoxy groups -OCH3 is 2. The Labute approximate surface area is 144 Å².